The number of fused-ring (bicyclic) bond motifs is 1. The van der Waals surface area contributed by atoms with E-state index in [2.05, 4.69) is 42.0 Å². The molecule has 0 spiro atoms. The molecule has 2 aromatic carbocycles. The maximum Gasteiger partial charge on any atom is 0.335 e. The van der Waals surface area contributed by atoms with Gasteiger partial charge in [0.1, 0.15) is 5.75 Å². The van der Waals surface area contributed by atoms with Crippen LogP contribution in [-0.4, -0.2) is 47.7 Å². The van der Waals surface area contributed by atoms with E-state index < -0.39 is 5.97 Å². The van der Waals surface area contributed by atoms with Crippen molar-refractivity contribution in [3.63, 3.8) is 0 Å². The second kappa shape index (κ2) is 10.9. The van der Waals surface area contributed by atoms with Crippen molar-refractivity contribution in [2.75, 3.05) is 21.2 Å². The van der Waals surface area contributed by atoms with Gasteiger partial charge in [-0.3, -0.25) is 4.79 Å². The number of benzene rings is 2. The van der Waals surface area contributed by atoms with Crippen LogP contribution in [0, 0.1) is 0 Å². The van der Waals surface area contributed by atoms with E-state index in [1.165, 1.54) is 10.9 Å². The predicted molar refractivity (Wildman–Crippen MR) is 132 cm³/mol. The number of rotatable bonds is 10. The number of aromatic carboxylic acids is 1. The van der Waals surface area contributed by atoms with Gasteiger partial charge >= 0.3 is 5.97 Å². The first kappa shape index (κ1) is 24.1. The Hall–Kier alpha value is -3.54. The standard InChI is InChI=1S/C27H32N2O4/c1-5-14-29-18-22(16-20-11-12-21(27(31)32)17-25(20)33-4)23-15-19(10-13-24(23)29)8-6-7-9-26(30)28(2)3/h6,8,10-13,15,17-18H,5,7,9,14,16H2,1-4H3,(H,31,32)/b8-6+. The van der Waals surface area contributed by atoms with Gasteiger partial charge in [0, 0.05) is 50.6 Å². The van der Waals surface area contributed by atoms with Crippen LogP contribution in [0.1, 0.15) is 53.2 Å². The van der Waals surface area contributed by atoms with Gasteiger partial charge in [0.15, 0.2) is 0 Å². The summed E-state index contributed by atoms with van der Waals surface area (Å²) in [5.74, 6) is -0.270. The molecule has 33 heavy (non-hydrogen) atoms. The van der Waals surface area contributed by atoms with Crippen LogP contribution in [0.15, 0.2) is 48.7 Å². The predicted octanol–water partition coefficient (Wildman–Crippen LogP) is 5.23. The number of methoxy groups -OCH3 is 1. The summed E-state index contributed by atoms with van der Waals surface area (Å²) in [7, 11) is 5.11. The Bertz CT molecular complexity index is 1170. The Morgan fingerprint density at radius 2 is 1.91 bits per heavy atom. The molecule has 3 rings (SSSR count). The van der Waals surface area contributed by atoms with Gasteiger partial charge < -0.3 is 19.3 Å². The smallest absolute Gasteiger partial charge is 0.335 e. The highest BCUT2D eigenvalue weighted by Gasteiger charge is 2.14. The minimum Gasteiger partial charge on any atom is -0.496 e. The monoisotopic (exact) mass is 448 g/mol. The van der Waals surface area contributed by atoms with Crippen molar-refractivity contribution in [1.82, 2.24) is 9.47 Å². The van der Waals surface area contributed by atoms with E-state index >= 15 is 0 Å². The highest BCUT2D eigenvalue weighted by molar-refractivity contribution is 5.89. The third-order valence-corrected chi connectivity index (χ3v) is 5.70. The van der Waals surface area contributed by atoms with Crippen molar-refractivity contribution in [2.24, 2.45) is 0 Å². The molecule has 0 aliphatic heterocycles. The molecule has 0 unspecified atom stereocenters. The average Bonchev–Trinajstić information content (AvgIpc) is 3.13. The Kier molecular flexibility index (Phi) is 7.93. The molecule has 0 radical (unpaired) electrons. The molecule has 174 valence electrons. The summed E-state index contributed by atoms with van der Waals surface area (Å²) in [6.07, 6.45) is 9.15. The molecule has 0 saturated heterocycles. The lowest BCUT2D eigenvalue weighted by molar-refractivity contribution is -0.128. The number of nitrogens with zero attached hydrogens (tertiary/aromatic N) is 2. The van der Waals surface area contributed by atoms with Crippen LogP contribution in [0.5, 0.6) is 5.75 Å². The van der Waals surface area contributed by atoms with Gasteiger partial charge in [-0.1, -0.05) is 31.2 Å². The lowest BCUT2D eigenvalue weighted by atomic mass is 10.0. The molecule has 0 aliphatic carbocycles. The quantitative estimate of drug-likeness (QED) is 0.461. The summed E-state index contributed by atoms with van der Waals surface area (Å²) in [5.41, 5.74) is 4.58. The van der Waals surface area contributed by atoms with Gasteiger partial charge in [-0.25, -0.2) is 4.79 Å². The summed E-state index contributed by atoms with van der Waals surface area (Å²) in [5, 5.41) is 10.4. The van der Waals surface area contributed by atoms with Crippen molar-refractivity contribution < 1.29 is 19.4 Å². The molecule has 1 heterocycles. The first-order valence-electron chi connectivity index (χ1n) is 11.2. The number of allylic oxidation sites excluding steroid dienone is 1. The van der Waals surface area contributed by atoms with E-state index in [1.54, 1.807) is 38.2 Å². The minimum absolute atomic E-state index is 0.122. The lowest BCUT2D eigenvalue weighted by Crippen LogP contribution is -2.20. The molecule has 1 amide bonds. The third-order valence-electron chi connectivity index (χ3n) is 5.70. The van der Waals surface area contributed by atoms with Crippen molar-refractivity contribution >= 4 is 28.9 Å². The van der Waals surface area contributed by atoms with E-state index in [0.29, 0.717) is 25.0 Å². The van der Waals surface area contributed by atoms with Crippen LogP contribution >= 0.6 is 0 Å². The van der Waals surface area contributed by atoms with Crippen LogP contribution in [0.3, 0.4) is 0 Å². The molecule has 0 saturated carbocycles. The fourth-order valence-electron chi connectivity index (χ4n) is 3.94. The summed E-state index contributed by atoms with van der Waals surface area (Å²) in [6.45, 7) is 3.08. The van der Waals surface area contributed by atoms with Crippen molar-refractivity contribution in [2.45, 2.75) is 39.2 Å². The molecular weight excluding hydrogens is 416 g/mol. The van der Waals surface area contributed by atoms with Crippen molar-refractivity contribution in [3.05, 3.63) is 70.9 Å². The number of aromatic nitrogens is 1. The van der Waals surface area contributed by atoms with E-state index in [9.17, 15) is 14.7 Å². The summed E-state index contributed by atoms with van der Waals surface area (Å²) in [6, 6.07) is 11.4. The van der Waals surface area contributed by atoms with Crippen LogP contribution in [0.25, 0.3) is 17.0 Å². The molecule has 0 atom stereocenters. The highest BCUT2D eigenvalue weighted by Crippen LogP contribution is 2.29. The minimum atomic E-state index is -0.969. The molecule has 6 nitrogen and oxygen atoms in total. The SMILES string of the molecule is CCCn1cc(Cc2ccc(C(=O)O)cc2OC)c2cc(/C=C/CCC(=O)N(C)C)ccc21. The fraction of sp³-hybridized carbons (Fsp3) is 0.333. The van der Waals surface area contributed by atoms with E-state index in [4.69, 9.17) is 4.74 Å². The van der Waals surface area contributed by atoms with Crippen LogP contribution < -0.4 is 4.74 Å². The molecule has 0 fully saturated rings. The number of carboxylic acids is 1. The first-order valence-corrected chi connectivity index (χ1v) is 11.2. The largest absolute Gasteiger partial charge is 0.496 e. The van der Waals surface area contributed by atoms with E-state index in [1.807, 2.05) is 12.1 Å². The molecule has 0 bridgehead atoms. The van der Waals surface area contributed by atoms with Gasteiger partial charge in [-0.15, -0.1) is 0 Å². The summed E-state index contributed by atoms with van der Waals surface area (Å²) in [4.78, 5) is 24.7. The maximum absolute atomic E-state index is 11.8. The topological polar surface area (TPSA) is 71.8 Å². The zero-order chi connectivity index (χ0) is 24.0. The zero-order valence-electron chi connectivity index (χ0n) is 19.8. The van der Waals surface area contributed by atoms with Crippen molar-refractivity contribution in [1.29, 1.82) is 0 Å². The summed E-state index contributed by atoms with van der Waals surface area (Å²) >= 11 is 0. The maximum atomic E-state index is 11.8. The van der Waals surface area contributed by atoms with Gasteiger partial charge in [-0.2, -0.15) is 0 Å². The molecule has 6 heteroatoms. The molecule has 1 N–H and O–H groups in total. The Morgan fingerprint density at radius 1 is 1.12 bits per heavy atom. The van der Waals surface area contributed by atoms with Crippen LogP contribution in [0.4, 0.5) is 0 Å². The van der Waals surface area contributed by atoms with Crippen molar-refractivity contribution in [3.8, 4) is 5.75 Å². The summed E-state index contributed by atoms with van der Waals surface area (Å²) < 4.78 is 7.76. The molecule has 3 aromatic rings. The van der Waals surface area contributed by atoms with E-state index in [-0.39, 0.29) is 11.5 Å². The Balaban J connectivity index is 1.92. The third kappa shape index (κ3) is 5.83. The number of amides is 1. The van der Waals surface area contributed by atoms with Gasteiger partial charge in [0.05, 0.1) is 12.7 Å². The number of hydrogen-bond acceptors (Lipinski definition) is 3. The van der Waals surface area contributed by atoms with E-state index in [0.717, 1.165) is 29.7 Å². The number of aryl methyl sites for hydroxylation is 1. The molecule has 1 aromatic heterocycles. The fourth-order valence-corrected chi connectivity index (χ4v) is 3.94. The van der Waals surface area contributed by atoms with Crippen LogP contribution in [-0.2, 0) is 17.8 Å². The lowest BCUT2D eigenvalue weighted by Gasteiger charge is -2.09. The number of carbonyl (C=O) groups is 2. The van der Waals surface area contributed by atoms with Gasteiger partial charge in [0.25, 0.3) is 0 Å². The number of ether oxygens (including phenoxy) is 1. The first-order chi connectivity index (χ1) is 15.8. The second-order valence-electron chi connectivity index (χ2n) is 8.36. The van der Waals surface area contributed by atoms with Crippen LogP contribution in [0.2, 0.25) is 0 Å². The number of carbonyl (C=O) groups excluding carboxylic acids is 1. The second-order valence-corrected chi connectivity index (χ2v) is 8.36. The van der Waals surface area contributed by atoms with Gasteiger partial charge in [0.2, 0.25) is 5.91 Å². The Morgan fingerprint density at radius 3 is 2.58 bits per heavy atom. The molecular formula is C27H32N2O4. The average molecular weight is 449 g/mol. The van der Waals surface area contributed by atoms with Gasteiger partial charge in [-0.05, 0) is 53.8 Å². The molecule has 0 aliphatic rings. The Labute approximate surface area is 195 Å². The number of hydrogen-bond donors (Lipinski definition) is 1. The zero-order valence-corrected chi connectivity index (χ0v) is 19.8. The highest BCUT2D eigenvalue weighted by atomic mass is 16.5. The normalized spacial score (nSPS) is 11.3. The number of carboxylic acid groups (broad SMARTS) is 1.